The fourth-order valence-electron chi connectivity index (χ4n) is 6.22. The molecule has 1 aliphatic rings. The van der Waals surface area contributed by atoms with Crippen molar-refractivity contribution in [1.29, 1.82) is 0 Å². The Kier molecular flexibility index (Phi) is 31.7. The van der Waals surface area contributed by atoms with Crippen LogP contribution in [0, 0.1) is 0 Å². The Hall–Kier alpha value is -2.34. The minimum Gasteiger partial charge on any atom is -0.462 e. The van der Waals surface area contributed by atoms with Crippen molar-refractivity contribution in [3.63, 3.8) is 0 Å². The third kappa shape index (κ3) is 28.5. The molecule has 0 amide bonds. The Morgan fingerprint density at radius 3 is 1.79 bits per heavy atom. The fourth-order valence-corrected chi connectivity index (χ4v) is 7.75. The van der Waals surface area contributed by atoms with Crippen LogP contribution in [0.1, 0.15) is 136 Å². The highest BCUT2D eigenvalue weighted by atomic mass is 31.2. The maximum atomic E-state index is 12.9. The number of phosphoric ester groups is 2. The smallest absolute Gasteiger partial charge is 0.462 e. The van der Waals surface area contributed by atoms with Crippen molar-refractivity contribution in [2.75, 3.05) is 13.2 Å². The molecule has 0 aliphatic heterocycles. The average molecular weight is 925 g/mol. The van der Waals surface area contributed by atoms with Crippen LogP contribution in [0.2, 0.25) is 0 Å². The molecular weight excluding hydrogens is 850 g/mol. The number of hydrogen-bond acceptors (Lipinski definition) is 14. The maximum Gasteiger partial charge on any atom is 0.472 e. The van der Waals surface area contributed by atoms with E-state index in [4.69, 9.17) is 28.3 Å². The number of rotatable bonds is 35. The largest absolute Gasteiger partial charge is 0.472 e. The Labute approximate surface area is 367 Å². The molecule has 0 aromatic heterocycles. The first-order valence-electron chi connectivity index (χ1n) is 21.9. The number of carbonyl (C=O) groups excluding carboxylic acids is 2. The van der Waals surface area contributed by atoms with Gasteiger partial charge in [0.05, 0.1) is 12.7 Å². The molecule has 0 aromatic rings. The second-order valence-electron chi connectivity index (χ2n) is 15.2. The van der Waals surface area contributed by atoms with E-state index in [0.29, 0.717) is 19.3 Å². The Balaban J connectivity index is 2.67. The number of unbranched alkanes of at least 4 members (excludes halogenated alkanes) is 11. The van der Waals surface area contributed by atoms with Crippen molar-refractivity contribution >= 4 is 27.6 Å². The molecule has 0 bridgehead atoms. The van der Waals surface area contributed by atoms with E-state index < -0.39 is 89.6 Å². The lowest BCUT2D eigenvalue weighted by atomic mass is 9.85. The highest BCUT2D eigenvalue weighted by molar-refractivity contribution is 7.47. The monoisotopic (exact) mass is 924 g/mol. The second-order valence-corrected chi connectivity index (χ2v) is 17.8. The zero-order valence-corrected chi connectivity index (χ0v) is 38.2. The Morgan fingerprint density at radius 1 is 0.613 bits per heavy atom. The van der Waals surface area contributed by atoms with E-state index in [1.165, 1.54) is 0 Å². The number of phosphoric acid groups is 2. The van der Waals surface area contributed by atoms with Crippen LogP contribution in [0.3, 0.4) is 0 Å². The van der Waals surface area contributed by atoms with Gasteiger partial charge in [-0.25, -0.2) is 9.13 Å². The topological polar surface area (TPSA) is 276 Å². The van der Waals surface area contributed by atoms with Crippen molar-refractivity contribution in [1.82, 2.24) is 0 Å². The van der Waals surface area contributed by atoms with E-state index in [1.807, 2.05) is 37.3 Å². The normalized spacial score (nSPS) is 23.2. The van der Waals surface area contributed by atoms with E-state index in [2.05, 4.69) is 35.8 Å². The molecule has 0 spiro atoms. The number of aliphatic hydroxyl groups excluding tert-OH is 5. The van der Waals surface area contributed by atoms with Gasteiger partial charge in [0.25, 0.3) is 0 Å². The first-order chi connectivity index (χ1) is 29.5. The fraction of sp³-hybridized carbons (Fsp3) is 0.721. The van der Waals surface area contributed by atoms with Crippen LogP contribution in [0.4, 0.5) is 0 Å². The van der Waals surface area contributed by atoms with Gasteiger partial charge in [-0.05, 0) is 64.2 Å². The van der Waals surface area contributed by atoms with Crippen molar-refractivity contribution in [2.24, 2.45) is 0 Å². The summed E-state index contributed by atoms with van der Waals surface area (Å²) in [5.41, 5.74) is 0. The van der Waals surface area contributed by atoms with E-state index in [9.17, 15) is 49.1 Å². The molecule has 1 aliphatic carbocycles. The summed E-state index contributed by atoms with van der Waals surface area (Å²) in [6.07, 6.45) is 19.5. The van der Waals surface area contributed by atoms with Crippen molar-refractivity contribution in [3.8, 4) is 0 Å². The van der Waals surface area contributed by atoms with Crippen molar-refractivity contribution < 1.29 is 82.0 Å². The van der Waals surface area contributed by atoms with Gasteiger partial charge in [0.2, 0.25) is 0 Å². The highest BCUT2D eigenvalue weighted by Gasteiger charge is 2.54. The van der Waals surface area contributed by atoms with Crippen LogP contribution < -0.4 is 0 Å². The third-order valence-electron chi connectivity index (χ3n) is 9.64. The van der Waals surface area contributed by atoms with Gasteiger partial charge in [-0.2, -0.15) is 0 Å². The zero-order chi connectivity index (χ0) is 46.2. The van der Waals surface area contributed by atoms with Crippen LogP contribution in [0.25, 0.3) is 0 Å². The van der Waals surface area contributed by atoms with Gasteiger partial charge < -0.3 is 49.7 Å². The Bertz CT molecular complexity index is 1460. The molecule has 6 unspecified atom stereocenters. The molecule has 358 valence electrons. The van der Waals surface area contributed by atoms with E-state index >= 15 is 0 Å². The molecule has 19 heteroatoms. The quantitative estimate of drug-likeness (QED) is 0.0111. The summed E-state index contributed by atoms with van der Waals surface area (Å²) in [5, 5.41) is 51.0. The Morgan fingerprint density at radius 2 is 1.18 bits per heavy atom. The first kappa shape index (κ1) is 57.7. The summed E-state index contributed by atoms with van der Waals surface area (Å²) in [6, 6.07) is 0. The van der Waals surface area contributed by atoms with Crippen LogP contribution >= 0.6 is 15.6 Å². The molecule has 0 radical (unpaired) electrons. The maximum absolute atomic E-state index is 12.9. The molecule has 0 aromatic carbocycles. The molecule has 9 atom stereocenters. The summed E-state index contributed by atoms with van der Waals surface area (Å²) >= 11 is 0. The molecule has 1 saturated carbocycles. The number of hydrogen-bond donors (Lipinski definition) is 8. The second kappa shape index (κ2) is 34.1. The van der Waals surface area contributed by atoms with Gasteiger partial charge >= 0.3 is 27.6 Å². The molecule has 1 fully saturated rings. The summed E-state index contributed by atoms with van der Waals surface area (Å²) in [7, 11) is -10.7. The van der Waals surface area contributed by atoms with Gasteiger partial charge in [-0.15, -0.1) is 0 Å². The van der Waals surface area contributed by atoms with Crippen LogP contribution in [0.5, 0.6) is 0 Å². The molecule has 8 N–H and O–H groups in total. The molecule has 0 saturated heterocycles. The van der Waals surface area contributed by atoms with Gasteiger partial charge in [-0.3, -0.25) is 23.2 Å². The third-order valence-corrected chi connectivity index (χ3v) is 11.1. The number of carbonyl (C=O) groups is 2. The van der Waals surface area contributed by atoms with Crippen LogP contribution in [-0.2, 0) is 41.8 Å². The highest BCUT2D eigenvalue weighted by Crippen LogP contribution is 2.49. The number of esters is 2. The summed E-state index contributed by atoms with van der Waals surface area (Å²) < 4.78 is 49.2. The molecule has 1 rings (SSSR count). The number of aliphatic hydroxyl groups is 5. The predicted octanol–water partition coefficient (Wildman–Crippen LogP) is 6.47. The van der Waals surface area contributed by atoms with Crippen molar-refractivity contribution in [2.45, 2.75) is 185 Å². The van der Waals surface area contributed by atoms with Gasteiger partial charge in [-0.1, -0.05) is 120 Å². The lowest BCUT2D eigenvalue weighted by Crippen LogP contribution is -2.64. The van der Waals surface area contributed by atoms with E-state index in [-0.39, 0.29) is 12.8 Å². The molecular formula is C43H74O17P2. The minimum atomic E-state index is -5.37. The zero-order valence-electron chi connectivity index (χ0n) is 36.4. The minimum absolute atomic E-state index is 0.00984. The summed E-state index contributed by atoms with van der Waals surface area (Å²) in [6.45, 7) is 2.77. The standard InChI is InChI=1S/C43H74O17P2/c1-3-5-7-8-9-10-11-12-13-16-20-23-27-31-37(46)58-35(32-56-36(45)30-26-22-19-17-14-15-18-21-25-29-34(44)28-24-6-4-2)33-57-62(54,55)60-43-40(49)38(47)39(48)42(41(43)50)59-61(51,52)53/h6-8,10-11,18,21,24-25,29,34-35,38-44,47-50H,3-5,9,12-17,19-20,22-23,26-28,30-33H2,1-2H3,(H,54,55)(H2,51,52,53)/b8-7-,11-10-,21-18+,24-6+,29-25+/t34?,35-,38?,39?,40?,41?,42-,43+/m1/s1. The van der Waals surface area contributed by atoms with Crippen LogP contribution in [0.15, 0.2) is 60.8 Å². The SMILES string of the molecule is CC/C=C/CC(O)/C=C/C=C/CCCCCCCC(=O)OC[C@H](COP(=O)(O)O[C@H]1C(O)C(O)C(O)[C@@H](OP(=O)(O)O)C1O)OC(=O)CCCCCCC/C=C\C/C=C\CCC. The summed E-state index contributed by atoms with van der Waals surface area (Å²) in [5.74, 6) is -1.28. The molecule has 0 heterocycles. The first-order valence-corrected chi connectivity index (χ1v) is 25.0. The van der Waals surface area contributed by atoms with E-state index in [0.717, 1.165) is 89.9 Å². The number of allylic oxidation sites excluding steroid dienone is 8. The van der Waals surface area contributed by atoms with Gasteiger partial charge in [0, 0.05) is 12.8 Å². The molecule has 17 nitrogen and oxygen atoms in total. The lowest BCUT2D eigenvalue weighted by molar-refractivity contribution is -0.216. The number of ether oxygens (including phenoxy) is 2. The van der Waals surface area contributed by atoms with Crippen molar-refractivity contribution in [3.05, 3.63) is 60.8 Å². The van der Waals surface area contributed by atoms with E-state index in [1.54, 1.807) is 6.08 Å². The predicted molar refractivity (Wildman–Crippen MR) is 233 cm³/mol. The molecule has 62 heavy (non-hydrogen) atoms. The lowest BCUT2D eigenvalue weighted by Gasteiger charge is -2.43. The van der Waals surface area contributed by atoms with Crippen LogP contribution in [-0.4, -0.2) is 114 Å². The average Bonchev–Trinajstić information content (AvgIpc) is 3.22. The van der Waals surface area contributed by atoms with Gasteiger partial charge in [0.1, 0.15) is 43.2 Å². The van der Waals surface area contributed by atoms with Gasteiger partial charge in [0.15, 0.2) is 6.10 Å². The summed E-state index contributed by atoms with van der Waals surface area (Å²) in [4.78, 5) is 54.1.